The van der Waals surface area contributed by atoms with Gasteiger partial charge in [0, 0.05) is 13.1 Å². The molecular formula is C7H14FNO. The van der Waals surface area contributed by atoms with Crippen LogP contribution < -0.4 is 0 Å². The van der Waals surface area contributed by atoms with E-state index in [4.69, 9.17) is 5.11 Å². The zero-order valence-corrected chi connectivity index (χ0v) is 6.09. The summed E-state index contributed by atoms with van der Waals surface area (Å²) in [5.74, 6) is 0. The molecule has 0 unspecified atom stereocenters. The van der Waals surface area contributed by atoms with Crippen molar-refractivity contribution in [3.63, 3.8) is 0 Å². The summed E-state index contributed by atoms with van der Waals surface area (Å²) < 4.78 is 12.6. The summed E-state index contributed by atoms with van der Waals surface area (Å²) >= 11 is 0. The predicted molar refractivity (Wildman–Crippen MR) is 37.7 cm³/mol. The molecule has 1 N–H and O–H groups in total. The average Bonchev–Trinajstić information content (AvgIpc) is 1.88. The Morgan fingerprint density at radius 3 is 3.00 bits per heavy atom. The lowest BCUT2D eigenvalue weighted by Crippen LogP contribution is -2.37. The molecular weight excluding hydrogens is 133 g/mol. The molecule has 0 aromatic rings. The average molecular weight is 147 g/mol. The van der Waals surface area contributed by atoms with Crippen LogP contribution in [0.4, 0.5) is 4.39 Å². The van der Waals surface area contributed by atoms with Gasteiger partial charge in [-0.1, -0.05) is 0 Å². The van der Waals surface area contributed by atoms with Crippen LogP contribution in [0.2, 0.25) is 0 Å². The molecule has 0 spiro atoms. The summed E-state index contributed by atoms with van der Waals surface area (Å²) in [5, 5.41) is 8.54. The lowest BCUT2D eigenvalue weighted by atomic mass is 10.1. The number of nitrogens with zero attached hydrogens (tertiary/aromatic N) is 1. The summed E-state index contributed by atoms with van der Waals surface area (Å²) in [6, 6.07) is 0. The maximum atomic E-state index is 12.6. The van der Waals surface area contributed by atoms with Crippen LogP contribution in [0.15, 0.2) is 0 Å². The number of rotatable bonds is 2. The zero-order chi connectivity index (χ0) is 7.40. The van der Waals surface area contributed by atoms with E-state index in [1.165, 1.54) is 0 Å². The SMILES string of the molecule is OCCN1CCC[C@@H](F)C1. The third-order valence-electron chi connectivity index (χ3n) is 1.86. The third kappa shape index (κ3) is 2.23. The molecule has 1 fully saturated rings. The van der Waals surface area contributed by atoms with Crippen LogP contribution in [0.1, 0.15) is 12.8 Å². The van der Waals surface area contributed by atoms with E-state index < -0.39 is 6.17 Å². The third-order valence-corrected chi connectivity index (χ3v) is 1.86. The van der Waals surface area contributed by atoms with Gasteiger partial charge in [-0.3, -0.25) is 4.90 Å². The first-order valence-electron chi connectivity index (χ1n) is 3.80. The largest absolute Gasteiger partial charge is 0.395 e. The lowest BCUT2D eigenvalue weighted by molar-refractivity contribution is 0.116. The van der Waals surface area contributed by atoms with Crippen molar-refractivity contribution in [3.8, 4) is 0 Å². The van der Waals surface area contributed by atoms with Gasteiger partial charge in [-0.2, -0.15) is 0 Å². The summed E-state index contributed by atoms with van der Waals surface area (Å²) in [6.45, 7) is 2.23. The Morgan fingerprint density at radius 2 is 2.40 bits per heavy atom. The molecule has 0 aromatic heterocycles. The van der Waals surface area contributed by atoms with Crippen LogP contribution >= 0.6 is 0 Å². The van der Waals surface area contributed by atoms with E-state index in [9.17, 15) is 4.39 Å². The van der Waals surface area contributed by atoms with Crippen LogP contribution in [-0.2, 0) is 0 Å². The minimum atomic E-state index is -0.666. The number of hydrogen-bond donors (Lipinski definition) is 1. The summed E-state index contributed by atoms with van der Waals surface area (Å²) in [5.41, 5.74) is 0. The Hall–Kier alpha value is -0.150. The van der Waals surface area contributed by atoms with Gasteiger partial charge in [0.1, 0.15) is 6.17 Å². The summed E-state index contributed by atoms with van der Waals surface area (Å²) in [7, 11) is 0. The van der Waals surface area contributed by atoms with E-state index in [1.807, 2.05) is 4.90 Å². The fraction of sp³-hybridized carbons (Fsp3) is 1.00. The van der Waals surface area contributed by atoms with Gasteiger partial charge in [0.15, 0.2) is 0 Å². The molecule has 0 saturated carbocycles. The molecule has 10 heavy (non-hydrogen) atoms. The van der Waals surface area contributed by atoms with Gasteiger partial charge in [-0.15, -0.1) is 0 Å². The Morgan fingerprint density at radius 1 is 1.60 bits per heavy atom. The van der Waals surface area contributed by atoms with Crippen LogP contribution in [0.3, 0.4) is 0 Å². The van der Waals surface area contributed by atoms with Gasteiger partial charge >= 0.3 is 0 Å². The molecule has 0 bridgehead atoms. The van der Waals surface area contributed by atoms with Crippen molar-refractivity contribution in [2.75, 3.05) is 26.2 Å². The van der Waals surface area contributed by atoms with Crippen molar-refractivity contribution >= 4 is 0 Å². The van der Waals surface area contributed by atoms with Gasteiger partial charge in [-0.25, -0.2) is 4.39 Å². The van der Waals surface area contributed by atoms with E-state index in [0.717, 1.165) is 13.0 Å². The Kier molecular flexibility index (Phi) is 3.09. The molecule has 1 atom stereocenters. The van der Waals surface area contributed by atoms with E-state index in [-0.39, 0.29) is 6.61 Å². The van der Waals surface area contributed by atoms with Crippen LogP contribution in [-0.4, -0.2) is 42.4 Å². The molecule has 60 valence electrons. The van der Waals surface area contributed by atoms with Gasteiger partial charge in [-0.05, 0) is 19.4 Å². The maximum absolute atomic E-state index is 12.6. The fourth-order valence-electron chi connectivity index (χ4n) is 1.34. The first kappa shape index (κ1) is 7.95. The first-order valence-corrected chi connectivity index (χ1v) is 3.80. The number of aliphatic hydroxyl groups excluding tert-OH is 1. The van der Waals surface area contributed by atoms with E-state index in [0.29, 0.717) is 19.5 Å². The van der Waals surface area contributed by atoms with Crippen LogP contribution in [0.5, 0.6) is 0 Å². The van der Waals surface area contributed by atoms with E-state index in [2.05, 4.69) is 0 Å². The highest BCUT2D eigenvalue weighted by molar-refractivity contribution is 4.71. The Labute approximate surface area is 60.6 Å². The highest BCUT2D eigenvalue weighted by Crippen LogP contribution is 2.11. The number of likely N-dealkylation sites (tertiary alicyclic amines) is 1. The lowest BCUT2D eigenvalue weighted by Gasteiger charge is -2.27. The second kappa shape index (κ2) is 3.88. The first-order chi connectivity index (χ1) is 4.83. The number of halogens is 1. The van der Waals surface area contributed by atoms with Gasteiger partial charge < -0.3 is 5.11 Å². The molecule has 1 aliphatic rings. The monoisotopic (exact) mass is 147 g/mol. The van der Waals surface area contributed by atoms with Crippen molar-refractivity contribution in [2.24, 2.45) is 0 Å². The number of piperidine rings is 1. The molecule has 1 aliphatic heterocycles. The fourth-order valence-corrected chi connectivity index (χ4v) is 1.34. The number of alkyl halides is 1. The molecule has 0 amide bonds. The van der Waals surface area contributed by atoms with Crippen molar-refractivity contribution in [3.05, 3.63) is 0 Å². The van der Waals surface area contributed by atoms with Crippen LogP contribution in [0, 0.1) is 0 Å². The normalized spacial score (nSPS) is 28.8. The molecule has 0 radical (unpaired) electrons. The highest BCUT2D eigenvalue weighted by Gasteiger charge is 2.17. The number of β-amino-alcohol motifs (C(OH)–C–C–N with tert-alkyl or cyclic N) is 1. The van der Waals surface area contributed by atoms with E-state index >= 15 is 0 Å². The highest BCUT2D eigenvalue weighted by atomic mass is 19.1. The molecule has 2 nitrogen and oxygen atoms in total. The molecule has 1 rings (SSSR count). The molecule has 1 saturated heterocycles. The number of hydrogen-bond acceptors (Lipinski definition) is 2. The molecule has 1 heterocycles. The molecule has 0 aromatic carbocycles. The second-order valence-electron chi connectivity index (χ2n) is 2.76. The zero-order valence-electron chi connectivity index (χ0n) is 6.09. The van der Waals surface area contributed by atoms with Crippen LogP contribution in [0.25, 0.3) is 0 Å². The summed E-state index contributed by atoms with van der Waals surface area (Å²) in [6.07, 6.45) is 0.962. The van der Waals surface area contributed by atoms with Gasteiger partial charge in [0.25, 0.3) is 0 Å². The Bertz CT molecular complexity index is 97.6. The van der Waals surface area contributed by atoms with Gasteiger partial charge in [0.05, 0.1) is 6.61 Å². The minimum absolute atomic E-state index is 0.146. The predicted octanol–water partition coefficient (Wildman–Crippen LogP) is 0.413. The standard InChI is InChI=1S/C7H14FNO/c8-7-2-1-3-9(6-7)4-5-10/h7,10H,1-6H2/t7-/m1/s1. The number of aliphatic hydroxyl groups is 1. The minimum Gasteiger partial charge on any atom is -0.395 e. The second-order valence-corrected chi connectivity index (χ2v) is 2.76. The maximum Gasteiger partial charge on any atom is 0.113 e. The summed E-state index contributed by atoms with van der Waals surface area (Å²) in [4.78, 5) is 1.97. The smallest absolute Gasteiger partial charge is 0.113 e. The topological polar surface area (TPSA) is 23.5 Å². The van der Waals surface area contributed by atoms with E-state index in [1.54, 1.807) is 0 Å². The van der Waals surface area contributed by atoms with Crippen molar-refractivity contribution < 1.29 is 9.50 Å². The Balaban J connectivity index is 2.18. The van der Waals surface area contributed by atoms with Gasteiger partial charge in [0.2, 0.25) is 0 Å². The van der Waals surface area contributed by atoms with Crippen molar-refractivity contribution in [1.29, 1.82) is 0 Å². The molecule has 3 heteroatoms. The quantitative estimate of drug-likeness (QED) is 0.611. The van der Waals surface area contributed by atoms with Crippen molar-refractivity contribution in [2.45, 2.75) is 19.0 Å². The van der Waals surface area contributed by atoms with Crippen molar-refractivity contribution in [1.82, 2.24) is 4.90 Å². The molecule has 0 aliphatic carbocycles.